The first-order chi connectivity index (χ1) is 12.0. The lowest BCUT2D eigenvalue weighted by molar-refractivity contribution is -0.116. The van der Waals surface area contributed by atoms with Crippen LogP contribution in [0, 0.1) is 0 Å². The number of amides is 3. The van der Waals surface area contributed by atoms with Gasteiger partial charge in [0.25, 0.3) is 0 Å². The van der Waals surface area contributed by atoms with Gasteiger partial charge in [-0.05, 0) is 42.0 Å². The Morgan fingerprint density at radius 2 is 1.92 bits per heavy atom. The molecule has 0 aromatic heterocycles. The van der Waals surface area contributed by atoms with Crippen LogP contribution >= 0.6 is 0 Å². The molecular weight excluding hydrogens is 322 g/mol. The van der Waals surface area contributed by atoms with Crippen LogP contribution in [0.2, 0.25) is 0 Å². The highest BCUT2D eigenvalue weighted by molar-refractivity contribution is 5.96. The first-order valence-electron chi connectivity index (χ1n) is 7.76. The number of anilines is 2. The summed E-state index contributed by atoms with van der Waals surface area (Å²) in [5.74, 6) is -0.258. The van der Waals surface area contributed by atoms with Gasteiger partial charge in [-0.15, -0.1) is 0 Å². The Labute approximate surface area is 144 Å². The molecule has 0 radical (unpaired) electrons. The summed E-state index contributed by atoms with van der Waals surface area (Å²) in [4.78, 5) is 34.8. The zero-order valence-electron chi connectivity index (χ0n) is 13.4. The summed E-state index contributed by atoms with van der Waals surface area (Å²) < 4.78 is 5.48. The van der Waals surface area contributed by atoms with E-state index < -0.39 is 5.91 Å². The van der Waals surface area contributed by atoms with Crippen LogP contribution in [0.25, 0.3) is 0 Å². The van der Waals surface area contributed by atoms with Crippen LogP contribution in [-0.2, 0) is 16.0 Å². The van der Waals surface area contributed by atoms with E-state index in [1.165, 1.54) is 0 Å². The molecule has 25 heavy (non-hydrogen) atoms. The largest absolute Gasteiger partial charge is 0.491 e. The van der Waals surface area contributed by atoms with Crippen LogP contribution in [0.15, 0.2) is 42.5 Å². The van der Waals surface area contributed by atoms with Gasteiger partial charge in [0.05, 0.1) is 25.1 Å². The van der Waals surface area contributed by atoms with Crippen LogP contribution in [-0.4, -0.2) is 24.3 Å². The van der Waals surface area contributed by atoms with Crippen LogP contribution in [0.5, 0.6) is 5.75 Å². The van der Waals surface area contributed by atoms with Crippen molar-refractivity contribution in [2.75, 3.05) is 17.2 Å². The number of primary amides is 1. The van der Waals surface area contributed by atoms with E-state index in [9.17, 15) is 14.4 Å². The molecule has 0 fully saturated rings. The molecule has 0 aliphatic carbocycles. The van der Waals surface area contributed by atoms with E-state index in [4.69, 9.17) is 10.5 Å². The third-order valence-electron chi connectivity index (χ3n) is 3.72. The summed E-state index contributed by atoms with van der Waals surface area (Å²) >= 11 is 0. The lowest BCUT2D eigenvalue weighted by Crippen LogP contribution is -2.15. The van der Waals surface area contributed by atoms with Crippen molar-refractivity contribution in [3.05, 3.63) is 53.6 Å². The van der Waals surface area contributed by atoms with E-state index in [0.29, 0.717) is 35.7 Å². The second kappa shape index (κ2) is 7.04. The SMILES string of the molecule is NC(=O)c1ccc(NC(=O)Cc2ccc3c(c2)NC(=O)CCO3)cc1. The Hall–Kier alpha value is -3.35. The number of carbonyl (C=O) groups is 3. The molecule has 4 N–H and O–H groups in total. The number of nitrogens with two attached hydrogens (primary N) is 1. The highest BCUT2D eigenvalue weighted by Gasteiger charge is 2.15. The Morgan fingerprint density at radius 3 is 2.64 bits per heavy atom. The van der Waals surface area contributed by atoms with Crippen molar-refractivity contribution >= 4 is 29.1 Å². The average molecular weight is 339 g/mol. The smallest absolute Gasteiger partial charge is 0.248 e. The number of nitrogens with one attached hydrogen (secondary N) is 2. The zero-order chi connectivity index (χ0) is 17.8. The molecular formula is C18H17N3O4. The molecule has 0 atom stereocenters. The molecule has 2 aromatic rings. The number of hydrogen-bond acceptors (Lipinski definition) is 4. The number of carbonyl (C=O) groups excluding carboxylic acids is 3. The van der Waals surface area contributed by atoms with Crippen molar-refractivity contribution in [2.45, 2.75) is 12.8 Å². The molecule has 0 bridgehead atoms. The zero-order valence-corrected chi connectivity index (χ0v) is 13.4. The van der Waals surface area contributed by atoms with Crippen LogP contribution in [0.3, 0.4) is 0 Å². The number of rotatable bonds is 4. The van der Waals surface area contributed by atoms with Gasteiger partial charge in [0.1, 0.15) is 5.75 Å². The van der Waals surface area contributed by atoms with E-state index in [0.717, 1.165) is 5.56 Å². The van der Waals surface area contributed by atoms with Gasteiger partial charge in [0, 0.05) is 11.3 Å². The van der Waals surface area contributed by atoms with Crippen LogP contribution in [0.4, 0.5) is 11.4 Å². The van der Waals surface area contributed by atoms with Gasteiger partial charge < -0.3 is 21.1 Å². The maximum Gasteiger partial charge on any atom is 0.248 e. The van der Waals surface area contributed by atoms with Gasteiger partial charge in [-0.1, -0.05) is 6.07 Å². The minimum absolute atomic E-state index is 0.116. The Morgan fingerprint density at radius 1 is 1.16 bits per heavy atom. The highest BCUT2D eigenvalue weighted by Crippen LogP contribution is 2.28. The predicted octanol–water partition coefficient (Wildman–Crippen LogP) is 1.69. The summed E-state index contributed by atoms with van der Waals surface area (Å²) in [6.07, 6.45) is 0.437. The lowest BCUT2D eigenvalue weighted by atomic mass is 10.1. The number of fused-ring (bicyclic) bond motifs is 1. The van der Waals surface area contributed by atoms with Gasteiger partial charge >= 0.3 is 0 Å². The third kappa shape index (κ3) is 4.14. The fourth-order valence-electron chi connectivity index (χ4n) is 2.49. The van der Waals surface area contributed by atoms with Crippen LogP contribution in [0.1, 0.15) is 22.3 Å². The molecule has 7 nitrogen and oxygen atoms in total. The van der Waals surface area contributed by atoms with Gasteiger partial charge in [-0.3, -0.25) is 14.4 Å². The molecule has 0 saturated carbocycles. The van der Waals surface area contributed by atoms with Gasteiger partial charge in [-0.25, -0.2) is 0 Å². The Balaban J connectivity index is 1.66. The summed E-state index contributed by atoms with van der Waals surface area (Å²) in [5.41, 5.74) is 7.44. The van der Waals surface area contributed by atoms with Gasteiger partial charge in [-0.2, -0.15) is 0 Å². The summed E-state index contributed by atoms with van der Waals surface area (Å²) in [7, 11) is 0. The van der Waals surface area contributed by atoms with Crippen molar-refractivity contribution < 1.29 is 19.1 Å². The molecule has 3 rings (SSSR count). The topological polar surface area (TPSA) is 111 Å². The quantitative estimate of drug-likeness (QED) is 0.787. The lowest BCUT2D eigenvalue weighted by Gasteiger charge is -2.10. The molecule has 0 spiro atoms. The fraction of sp³-hybridized carbons (Fsp3) is 0.167. The van der Waals surface area contributed by atoms with Crippen molar-refractivity contribution in [3.8, 4) is 5.75 Å². The molecule has 1 aliphatic rings. The molecule has 0 unspecified atom stereocenters. The molecule has 7 heteroatoms. The molecule has 1 aliphatic heterocycles. The van der Waals surface area contributed by atoms with Crippen molar-refractivity contribution in [2.24, 2.45) is 5.73 Å². The second-order valence-corrected chi connectivity index (χ2v) is 5.64. The second-order valence-electron chi connectivity index (χ2n) is 5.64. The normalized spacial score (nSPS) is 13.0. The Kier molecular flexibility index (Phi) is 4.65. The highest BCUT2D eigenvalue weighted by atomic mass is 16.5. The van der Waals surface area contributed by atoms with E-state index in [2.05, 4.69) is 10.6 Å². The fourth-order valence-corrected chi connectivity index (χ4v) is 2.49. The monoisotopic (exact) mass is 339 g/mol. The van der Waals surface area contributed by atoms with E-state index >= 15 is 0 Å². The minimum atomic E-state index is -0.521. The third-order valence-corrected chi connectivity index (χ3v) is 3.72. The van der Waals surface area contributed by atoms with Gasteiger partial charge in [0.2, 0.25) is 17.7 Å². The maximum atomic E-state index is 12.2. The number of ether oxygens (including phenoxy) is 1. The van der Waals surface area contributed by atoms with Crippen molar-refractivity contribution in [1.82, 2.24) is 0 Å². The average Bonchev–Trinajstić information content (AvgIpc) is 2.75. The van der Waals surface area contributed by atoms with E-state index in [1.807, 2.05) is 0 Å². The predicted molar refractivity (Wildman–Crippen MR) is 92.5 cm³/mol. The van der Waals surface area contributed by atoms with Crippen LogP contribution < -0.4 is 21.1 Å². The first-order valence-corrected chi connectivity index (χ1v) is 7.76. The van der Waals surface area contributed by atoms with E-state index in [-0.39, 0.29) is 18.2 Å². The minimum Gasteiger partial charge on any atom is -0.491 e. The molecule has 2 aromatic carbocycles. The van der Waals surface area contributed by atoms with Crippen molar-refractivity contribution in [1.29, 1.82) is 0 Å². The van der Waals surface area contributed by atoms with Gasteiger partial charge in [0.15, 0.2) is 0 Å². The Bertz CT molecular complexity index is 831. The van der Waals surface area contributed by atoms with Crippen molar-refractivity contribution in [3.63, 3.8) is 0 Å². The summed E-state index contributed by atoms with van der Waals surface area (Å²) in [6, 6.07) is 11.6. The summed E-state index contributed by atoms with van der Waals surface area (Å²) in [5, 5.41) is 5.51. The maximum absolute atomic E-state index is 12.2. The molecule has 3 amide bonds. The summed E-state index contributed by atoms with van der Waals surface area (Å²) in [6.45, 7) is 0.333. The number of benzene rings is 2. The standard InChI is InChI=1S/C18H17N3O4/c19-18(24)12-2-4-13(5-3-12)20-17(23)10-11-1-6-15-14(9-11)21-16(22)7-8-25-15/h1-6,9H,7-8,10H2,(H2,19,24)(H,20,23)(H,21,22). The molecule has 1 heterocycles. The first kappa shape index (κ1) is 16.5. The molecule has 0 saturated heterocycles. The van der Waals surface area contributed by atoms with E-state index in [1.54, 1.807) is 42.5 Å². The molecule has 128 valence electrons. The number of hydrogen-bond donors (Lipinski definition) is 3.